The summed E-state index contributed by atoms with van der Waals surface area (Å²) >= 11 is 0. The highest BCUT2D eigenvalue weighted by Gasteiger charge is 2.25. The number of nitrogens with zero attached hydrogens (tertiary/aromatic N) is 2. The molecule has 2 rings (SSSR count). The van der Waals surface area contributed by atoms with Gasteiger partial charge in [0.2, 0.25) is 0 Å². The Hall–Kier alpha value is -1.69. The van der Waals surface area contributed by atoms with Crippen LogP contribution in [-0.4, -0.2) is 56.0 Å². The van der Waals surface area contributed by atoms with Crippen molar-refractivity contribution in [2.24, 2.45) is 0 Å². The summed E-state index contributed by atoms with van der Waals surface area (Å²) in [6.45, 7) is 1.84. The first kappa shape index (κ1) is 15.7. The molecule has 1 saturated heterocycles. The lowest BCUT2D eigenvalue weighted by molar-refractivity contribution is 0.0658. The molecule has 4 nitrogen and oxygen atoms in total. The van der Waals surface area contributed by atoms with Gasteiger partial charge in [-0.25, -0.2) is 8.78 Å². The first-order chi connectivity index (χ1) is 9.93. The standard InChI is InChI=1S/C15H21F2N3O/c1-18-14-12(16)8-10(9-13(14)17)15(21)20(3)11-4-6-19(2)7-5-11/h8-9,11,18H,4-7H2,1-3H3. The lowest BCUT2D eigenvalue weighted by Crippen LogP contribution is -2.44. The van der Waals surface area contributed by atoms with Gasteiger partial charge >= 0.3 is 0 Å². The maximum Gasteiger partial charge on any atom is 0.254 e. The Kier molecular flexibility index (Phi) is 4.77. The average molecular weight is 297 g/mol. The number of amides is 1. The third-order valence-corrected chi connectivity index (χ3v) is 4.10. The SMILES string of the molecule is CNc1c(F)cc(C(=O)N(C)C2CCN(C)CC2)cc1F. The normalized spacial score (nSPS) is 16.8. The van der Waals surface area contributed by atoms with Gasteiger partial charge in [-0.1, -0.05) is 0 Å². The van der Waals surface area contributed by atoms with Gasteiger partial charge in [0.1, 0.15) is 17.3 Å². The summed E-state index contributed by atoms with van der Waals surface area (Å²) in [4.78, 5) is 16.2. The molecule has 116 valence electrons. The highest BCUT2D eigenvalue weighted by molar-refractivity contribution is 5.94. The summed E-state index contributed by atoms with van der Waals surface area (Å²) in [7, 11) is 5.17. The molecule has 21 heavy (non-hydrogen) atoms. The summed E-state index contributed by atoms with van der Waals surface area (Å²) in [6, 6.07) is 2.29. The number of benzene rings is 1. The lowest BCUT2D eigenvalue weighted by atomic mass is 10.0. The summed E-state index contributed by atoms with van der Waals surface area (Å²) < 4.78 is 27.5. The van der Waals surface area contributed by atoms with E-state index in [1.807, 2.05) is 7.05 Å². The van der Waals surface area contributed by atoms with Gasteiger partial charge in [0.15, 0.2) is 0 Å². The summed E-state index contributed by atoms with van der Waals surface area (Å²) in [5.41, 5.74) is -0.168. The van der Waals surface area contributed by atoms with Gasteiger partial charge in [-0.3, -0.25) is 4.79 Å². The molecular weight excluding hydrogens is 276 g/mol. The van der Waals surface area contributed by atoms with Gasteiger partial charge in [-0.2, -0.15) is 0 Å². The topological polar surface area (TPSA) is 35.6 Å². The molecule has 1 amide bonds. The van der Waals surface area contributed by atoms with Crippen LogP contribution in [0, 0.1) is 11.6 Å². The molecule has 0 aromatic heterocycles. The molecule has 1 aliphatic rings. The summed E-state index contributed by atoms with van der Waals surface area (Å²) in [6.07, 6.45) is 1.75. The molecule has 1 heterocycles. The molecule has 0 atom stereocenters. The molecule has 0 radical (unpaired) electrons. The molecule has 0 unspecified atom stereocenters. The van der Waals surface area contributed by atoms with Gasteiger partial charge in [-0.05, 0) is 45.1 Å². The molecule has 0 spiro atoms. The Labute approximate surface area is 123 Å². The predicted molar refractivity (Wildman–Crippen MR) is 78.5 cm³/mol. The highest BCUT2D eigenvalue weighted by Crippen LogP contribution is 2.22. The van der Waals surface area contributed by atoms with Gasteiger partial charge in [0.25, 0.3) is 5.91 Å². The Balaban J connectivity index is 2.16. The molecule has 0 aliphatic carbocycles. The summed E-state index contributed by atoms with van der Waals surface area (Å²) in [5.74, 6) is -1.85. The van der Waals surface area contributed by atoms with E-state index in [-0.39, 0.29) is 23.2 Å². The van der Waals surface area contributed by atoms with Gasteiger partial charge in [-0.15, -0.1) is 0 Å². The number of likely N-dealkylation sites (tertiary alicyclic amines) is 1. The van der Waals surface area contributed by atoms with Crippen LogP contribution in [0.3, 0.4) is 0 Å². The maximum absolute atomic E-state index is 13.7. The minimum atomic E-state index is -0.752. The summed E-state index contributed by atoms with van der Waals surface area (Å²) in [5, 5.41) is 2.45. The number of piperidine rings is 1. The number of anilines is 1. The molecule has 0 bridgehead atoms. The molecule has 1 aromatic carbocycles. The van der Waals surface area contributed by atoms with E-state index >= 15 is 0 Å². The minimum absolute atomic E-state index is 0.0467. The number of nitrogens with one attached hydrogen (secondary N) is 1. The fourth-order valence-electron chi connectivity index (χ4n) is 2.69. The van der Waals surface area contributed by atoms with Crippen molar-refractivity contribution in [2.45, 2.75) is 18.9 Å². The molecule has 6 heteroatoms. The number of hydrogen-bond acceptors (Lipinski definition) is 3. The molecule has 1 N–H and O–H groups in total. The average Bonchev–Trinajstić information content (AvgIpc) is 2.46. The predicted octanol–water partition coefficient (Wildman–Crippen LogP) is 2.17. The Morgan fingerprint density at radius 1 is 1.29 bits per heavy atom. The van der Waals surface area contributed by atoms with Crippen molar-refractivity contribution in [2.75, 3.05) is 39.5 Å². The monoisotopic (exact) mass is 297 g/mol. The Morgan fingerprint density at radius 3 is 2.29 bits per heavy atom. The second kappa shape index (κ2) is 6.39. The quantitative estimate of drug-likeness (QED) is 0.929. The molecule has 1 aliphatic heterocycles. The van der Waals surface area contributed by atoms with E-state index in [1.54, 1.807) is 11.9 Å². The minimum Gasteiger partial charge on any atom is -0.383 e. The number of hydrogen-bond donors (Lipinski definition) is 1. The van der Waals surface area contributed by atoms with Gasteiger partial charge in [0.05, 0.1) is 0 Å². The van der Waals surface area contributed by atoms with Crippen molar-refractivity contribution < 1.29 is 13.6 Å². The van der Waals surface area contributed by atoms with E-state index in [9.17, 15) is 13.6 Å². The highest BCUT2D eigenvalue weighted by atomic mass is 19.1. The maximum atomic E-state index is 13.7. The number of halogens is 2. The smallest absolute Gasteiger partial charge is 0.254 e. The van der Waals surface area contributed by atoms with Crippen molar-refractivity contribution in [3.63, 3.8) is 0 Å². The number of carbonyl (C=O) groups excluding carboxylic acids is 1. The van der Waals surface area contributed by atoms with Crippen LogP contribution in [0.1, 0.15) is 23.2 Å². The van der Waals surface area contributed by atoms with E-state index in [4.69, 9.17) is 0 Å². The van der Waals surface area contributed by atoms with Crippen LogP contribution in [0.5, 0.6) is 0 Å². The van der Waals surface area contributed by atoms with Crippen LogP contribution in [0.15, 0.2) is 12.1 Å². The van der Waals surface area contributed by atoms with Crippen LogP contribution in [0.4, 0.5) is 14.5 Å². The van der Waals surface area contributed by atoms with Crippen LogP contribution >= 0.6 is 0 Å². The second-order valence-electron chi connectivity index (χ2n) is 5.52. The van der Waals surface area contributed by atoms with E-state index in [0.717, 1.165) is 38.1 Å². The second-order valence-corrected chi connectivity index (χ2v) is 5.52. The zero-order chi connectivity index (χ0) is 15.6. The van der Waals surface area contributed by atoms with E-state index in [2.05, 4.69) is 10.2 Å². The zero-order valence-corrected chi connectivity index (χ0v) is 12.6. The molecule has 0 saturated carbocycles. The van der Waals surface area contributed by atoms with Crippen LogP contribution < -0.4 is 5.32 Å². The van der Waals surface area contributed by atoms with Gasteiger partial charge < -0.3 is 15.1 Å². The van der Waals surface area contributed by atoms with E-state index < -0.39 is 11.6 Å². The fourth-order valence-corrected chi connectivity index (χ4v) is 2.69. The number of rotatable bonds is 3. The largest absolute Gasteiger partial charge is 0.383 e. The van der Waals surface area contributed by atoms with Crippen molar-refractivity contribution in [3.05, 3.63) is 29.3 Å². The third kappa shape index (κ3) is 3.32. The van der Waals surface area contributed by atoms with E-state index in [1.165, 1.54) is 7.05 Å². The van der Waals surface area contributed by atoms with Gasteiger partial charge in [0, 0.05) is 25.7 Å². The number of carbonyl (C=O) groups is 1. The van der Waals surface area contributed by atoms with Crippen molar-refractivity contribution in [1.29, 1.82) is 0 Å². The molecule has 1 fully saturated rings. The molecular formula is C15H21F2N3O. The lowest BCUT2D eigenvalue weighted by Gasteiger charge is -2.35. The van der Waals surface area contributed by atoms with Crippen molar-refractivity contribution >= 4 is 11.6 Å². The zero-order valence-electron chi connectivity index (χ0n) is 12.6. The van der Waals surface area contributed by atoms with Crippen LogP contribution in [-0.2, 0) is 0 Å². The van der Waals surface area contributed by atoms with E-state index in [0.29, 0.717) is 0 Å². The molecule has 1 aromatic rings. The van der Waals surface area contributed by atoms with Crippen molar-refractivity contribution in [1.82, 2.24) is 9.80 Å². The van der Waals surface area contributed by atoms with Crippen LogP contribution in [0.25, 0.3) is 0 Å². The Bertz CT molecular complexity index is 505. The third-order valence-electron chi connectivity index (χ3n) is 4.10. The first-order valence-electron chi connectivity index (χ1n) is 7.06. The van der Waals surface area contributed by atoms with Crippen LogP contribution in [0.2, 0.25) is 0 Å². The fraction of sp³-hybridized carbons (Fsp3) is 0.533. The Morgan fingerprint density at radius 2 is 1.81 bits per heavy atom. The first-order valence-corrected chi connectivity index (χ1v) is 7.06. The van der Waals surface area contributed by atoms with Crippen molar-refractivity contribution in [3.8, 4) is 0 Å².